The number of nitrogens with one attached hydrogen (secondary N) is 2. The molecule has 2 amide bonds. The van der Waals surface area contributed by atoms with Crippen LogP contribution >= 0.6 is 27.7 Å². The molecule has 30 heavy (non-hydrogen) atoms. The monoisotopic (exact) mass is 478 g/mol. The van der Waals surface area contributed by atoms with E-state index in [2.05, 4.69) is 30.9 Å². The summed E-state index contributed by atoms with van der Waals surface area (Å²) in [5.74, 6) is -0.688. The number of nitrogens with zero attached hydrogens (tertiary/aromatic N) is 2. The van der Waals surface area contributed by atoms with E-state index >= 15 is 0 Å². The first-order valence-corrected chi connectivity index (χ1v) is 10.8. The lowest BCUT2D eigenvalue weighted by Gasteiger charge is -2.07. The summed E-state index contributed by atoms with van der Waals surface area (Å²) in [5.41, 5.74) is 3.35. The summed E-state index contributed by atoms with van der Waals surface area (Å²) in [5, 5.41) is 1.60. The highest BCUT2D eigenvalue weighted by Gasteiger charge is 2.38. The fraction of sp³-hybridized carbons (Fsp3) is 0.0455. The van der Waals surface area contributed by atoms with Crippen LogP contribution in [-0.2, 0) is 9.59 Å². The molecule has 148 valence electrons. The number of rotatable bonds is 4. The summed E-state index contributed by atoms with van der Waals surface area (Å²) in [7, 11) is 1.48. The molecule has 0 aliphatic carbocycles. The fourth-order valence-electron chi connectivity index (χ4n) is 3.51. The van der Waals surface area contributed by atoms with E-state index in [0.717, 1.165) is 31.5 Å². The van der Waals surface area contributed by atoms with Crippen molar-refractivity contribution in [3.05, 3.63) is 70.8 Å². The zero-order valence-corrected chi connectivity index (χ0v) is 18.2. The molecule has 5 rings (SSSR count). The topological polar surface area (TPSA) is 81.8 Å². The Morgan fingerprint density at radius 3 is 2.43 bits per heavy atom. The highest BCUT2D eigenvalue weighted by atomic mass is 79.9. The molecule has 0 fully saturated rings. The van der Waals surface area contributed by atoms with Crippen LogP contribution in [0.4, 0.5) is 0 Å². The van der Waals surface area contributed by atoms with Crippen LogP contribution in [0.3, 0.4) is 0 Å². The average molecular weight is 479 g/mol. The Hall–Kier alpha value is -3.10. The van der Waals surface area contributed by atoms with Gasteiger partial charge in [0, 0.05) is 28.4 Å². The molecule has 2 aromatic carbocycles. The number of carbonyl (C=O) groups is 2. The van der Waals surface area contributed by atoms with Gasteiger partial charge in [-0.15, -0.1) is 0 Å². The zero-order chi connectivity index (χ0) is 20.8. The van der Waals surface area contributed by atoms with Gasteiger partial charge in [-0.3, -0.25) is 14.5 Å². The van der Waals surface area contributed by atoms with Gasteiger partial charge < -0.3 is 9.97 Å². The van der Waals surface area contributed by atoms with E-state index < -0.39 is 0 Å². The van der Waals surface area contributed by atoms with Crippen molar-refractivity contribution in [1.82, 2.24) is 19.9 Å². The number of fused-ring (bicyclic) bond motifs is 1. The third kappa shape index (κ3) is 3.00. The van der Waals surface area contributed by atoms with E-state index in [0.29, 0.717) is 16.8 Å². The second kappa shape index (κ2) is 7.30. The molecular weight excluding hydrogens is 464 g/mol. The van der Waals surface area contributed by atoms with Crippen LogP contribution in [0.15, 0.2) is 75.3 Å². The molecule has 0 unspecified atom stereocenters. The molecule has 0 saturated heterocycles. The quantitative estimate of drug-likeness (QED) is 0.412. The Labute approximate surface area is 184 Å². The first kappa shape index (κ1) is 18.9. The summed E-state index contributed by atoms with van der Waals surface area (Å²) in [6.45, 7) is 0. The van der Waals surface area contributed by atoms with Crippen molar-refractivity contribution in [3.63, 3.8) is 0 Å². The van der Waals surface area contributed by atoms with E-state index in [1.54, 1.807) is 6.20 Å². The number of benzene rings is 2. The Bertz CT molecular complexity index is 1340. The number of hydrogen-bond donors (Lipinski definition) is 2. The van der Waals surface area contributed by atoms with E-state index in [4.69, 9.17) is 0 Å². The standard InChI is InChI=1S/C22H15BrN4O2S/c1-27-20(28)17(18(23)21(27)29)16-13-9-5-6-10-14(13)25-19(16)15-11-24-22(26-15)30-12-7-3-2-4-8-12/h2-11,25H,1H3,(H,24,26). The maximum Gasteiger partial charge on any atom is 0.268 e. The van der Waals surface area contributed by atoms with Gasteiger partial charge in [-0.25, -0.2) is 4.98 Å². The molecule has 6 nitrogen and oxygen atoms in total. The SMILES string of the molecule is CN1C(=O)C(Br)=C(c2c(-c3cnc(Sc4ccccc4)[nH]3)[nH]c3ccccc23)C1=O. The number of likely N-dealkylation sites (N-methyl/N-ethyl adjacent to an activating group) is 1. The van der Waals surface area contributed by atoms with Gasteiger partial charge >= 0.3 is 0 Å². The van der Waals surface area contributed by atoms with Crippen LogP contribution in [0, 0.1) is 0 Å². The first-order valence-electron chi connectivity index (χ1n) is 9.16. The van der Waals surface area contributed by atoms with Crippen molar-refractivity contribution in [2.45, 2.75) is 10.1 Å². The van der Waals surface area contributed by atoms with Gasteiger partial charge in [-0.1, -0.05) is 48.2 Å². The Balaban J connectivity index is 1.66. The molecule has 4 aromatic rings. The molecule has 0 bridgehead atoms. The van der Waals surface area contributed by atoms with Crippen molar-refractivity contribution in [1.29, 1.82) is 0 Å². The molecule has 0 spiro atoms. The average Bonchev–Trinajstić information content (AvgIpc) is 3.42. The number of H-pyrrole nitrogens is 2. The van der Waals surface area contributed by atoms with Crippen LogP contribution in [0.2, 0.25) is 0 Å². The summed E-state index contributed by atoms with van der Waals surface area (Å²) in [6, 6.07) is 17.7. The lowest BCUT2D eigenvalue weighted by Crippen LogP contribution is -2.26. The van der Waals surface area contributed by atoms with Gasteiger partial charge in [0.2, 0.25) is 0 Å². The summed E-state index contributed by atoms with van der Waals surface area (Å²) < 4.78 is 0.263. The van der Waals surface area contributed by atoms with Crippen LogP contribution in [-0.4, -0.2) is 38.7 Å². The van der Waals surface area contributed by atoms with Gasteiger partial charge in [-0.05, 0) is 34.1 Å². The lowest BCUT2D eigenvalue weighted by molar-refractivity contribution is -0.134. The Morgan fingerprint density at radius 2 is 1.70 bits per heavy atom. The number of halogens is 1. The van der Waals surface area contributed by atoms with Crippen molar-refractivity contribution in [3.8, 4) is 11.4 Å². The number of hydrogen-bond acceptors (Lipinski definition) is 4. The Kier molecular flexibility index (Phi) is 4.60. The van der Waals surface area contributed by atoms with Gasteiger partial charge in [0.1, 0.15) is 0 Å². The molecule has 2 aromatic heterocycles. The van der Waals surface area contributed by atoms with Crippen molar-refractivity contribution < 1.29 is 9.59 Å². The summed E-state index contributed by atoms with van der Waals surface area (Å²) in [6.07, 6.45) is 1.74. The van der Waals surface area contributed by atoms with Gasteiger partial charge in [0.25, 0.3) is 11.8 Å². The second-order valence-corrected chi connectivity index (χ2v) is 8.65. The largest absolute Gasteiger partial charge is 0.353 e. The zero-order valence-electron chi connectivity index (χ0n) is 15.8. The maximum atomic E-state index is 12.9. The third-order valence-corrected chi connectivity index (χ3v) is 6.61. The normalized spacial score (nSPS) is 14.4. The maximum absolute atomic E-state index is 12.9. The van der Waals surface area contributed by atoms with Gasteiger partial charge in [0.15, 0.2) is 5.16 Å². The predicted molar refractivity (Wildman–Crippen MR) is 120 cm³/mol. The number of carbonyl (C=O) groups excluding carboxylic acids is 2. The molecule has 0 atom stereocenters. The highest BCUT2D eigenvalue weighted by Crippen LogP contribution is 2.41. The minimum Gasteiger partial charge on any atom is -0.353 e. The smallest absolute Gasteiger partial charge is 0.268 e. The highest BCUT2D eigenvalue weighted by molar-refractivity contribution is 9.12. The molecule has 0 radical (unpaired) electrons. The third-order valence-electron chi connectivity index (χ3n) is 4.97. The van der Waals surface area contributed by atoms with Crippen molar-refractivity contribution in [2.24, 2.45) is 0 Å². The van der Waals surface area contributed by atoms with E-state index in [-0.39, 0.29) is 16.3 Å². The van der Waals surface area contributed by atoms with Crippen molar-refractivity contribution >= 4 is 56.0 Å². The van der Waals surface area contributed by atoms with Gasteiger partial charge in [-0.2, -0.15) is 0 Å². The minimum atomic E-state index is -0.351. The molecule has 0 saturated carbocycles. The summed E-state index contributed by atoms with van der Waals surface area (Å²) >= 11 is 4.86. The van der Waals surface area contributed by atoms with E-state index in [1.165, 1.54) is 18.8 Å². The molecule has 8 heteroatoms. The number of aromatic nitrogens is 3. The lowest BCUT2D eigenvalue weighted by atomic mass is 10.0. The van der Waals surface area contributed by atoms with E-state index in [9.17, 15) is 9.59 Å². The van der Waals surface area contributed by atoms with Crippen LogP contribution in [0.5, 0.6) is 0 Å². The molecular formula is C22H15BrN4O2S. The first-order chi connectivity index (χ1) is 14.5. The number of para-hydroxylation sites is 1. The predicted octanol–water partition coefficient (Wildman–Crippen LogP) is 4.81. The number of amides is 2. The van der Waals surface area contributed by atoms with Crippen LogP contribution in [0.1, 0.15) is 5.56 Å². The molecule has 1 aliphatic heterocycles. The fourth-order valence-corrected chi connectivity index (χ4v) is 4.93. The van der Waals surface area contributed by atoms with Crippen LogP contribution in [0.25, 0.3) is 27.9 Å². The Morgan fingerprint density at radius 1 is 0.967 bits per heavy atom. The van der Waals surface area contributed by atoms with E-state index in [1.807, 2.05) is 54.6 Å². The molecule has 3 heterocycles. The molecule has 1 aliphatic rings. The number of imidazole rings is 1. The van der Waals surface area contributed by atoms with Crippen LogP contribution < -0.4 is 0 Å². The van der Waals surface area contributed by atoms with Crippen molar-refractivity contribution in [2.75, 3.05) is 7.05 Å². The van der Waals surface area contributed by atoms with Gasteiger partial charge in [0.05, 0.1) is 27.6 Å². The molecule has 2 N–H and O–H groups in total. The second-order valence-electron chi connectivity index (χ2n) is 6.80. The number of aromatic amines is 2. The number of imide groups is 1. The minimum absolute atomic E-state index is 0.263. The summed E-state index contributed by atoms with van der Waals surface area (Å²) in [4.78, 5) is 38.6.